The van der Waals surface area contributed by atoms with Gasteiger partial charge in [-0.2, -0.15) is 0 Å². The van der Waals surface area contributed by atoms with Gasteiger partial charge in [0.15, 0.2) is 0 Å². The first-order valence-electron chi connectivity index (χ1n) is 7.67. The highest BCUT2D eigenvalue weighted by molar-refractivity contribution is 5.94. The van der Waals surface area contributed by atoms with Crippen molar-refractivity contribution >= 4 is 5.91 Å². The van der Waals surface area contributed by atoms with Crippen LogP contribution in [0.5, 0.6) is 0 Å². The van der Waals surface area contributed by atoms with E-state index in [4.69, 9.17) is 5.11 Å². The van der Waals surface area contributed by atoms with Gasteiger partial charge in [0.1, 0.15) is 5.82 Å². The van der Waals surface area contributed by atoms with Crippen molar-refractivity contribution in [1.29, 1.82) is 0 Å². The van der Waals surface area contributed by atoms with Gasteiger partial charge in [0.05, 0.1) is 5.56 Å². The first kappa shape index (κ1) is 17.2. The molecule has 1 N–H and O–H groups in total. The molecular weight excluding hydrogens is 293 g/mol. The van der Waals surface area contributed by atoms with Gasteiger partial charge in [0.2, 0.25) is 0 Å². The molecule has 122 valence electrons. The Morgan fingerprint density at radius 2 is 1.74 bits per heavy atom. The molecule has 0 atom stereocenters. The first-order chi connectivity index (χ1) is 10.9. The zero-order valence-electron chi connectivity index (χ0n) is 13.8. The number of aryl methyl sites for hydroxylation is 2. The van der Waals surface area contributed by atoms with Crippen LogP contribution in [0.4, 0.5) is 4.39 Å². The smallest absolute Gasteiger partial charge is 0.256 e. The summed E-state index contributed by atoms with van der Waals surface area (Å²) in [5.41, 5.74) is 4.07. The minimum Gasteiger partial charge on any atom is -0.396 e. The Bertz CT molecular complexity index is 713. The minimum atomic E-state index is -0.526. The van der Waals surface area contributed by atoms with Gasteiger partial charge in [-0.1, -0.05) is 24.3 Å². The largest absolute Gasteiger partial charge is 0.396 e. The number of nitrogens with zero attached hydrogens (tertiary/aromatic N) is 1. The quantitative estimate of drug-likeness (QED) is 0.916. The van der Waals surface area contributed by atoms with E-state index in [1.807, 2.05) is 32.0 Å². The van der Waals surface area contributed by atoms with E-state index in [2.05, 4.69) is 0 Å². The Labute approximate surface area is 136 Å². The van der Waals surface area contributed by atoms with Crippen LogP contribution in [0.1, 0.15) is 27.9 Å². The predicted octanol–water partition coefficient (Wildman–Crippen LogP) is 3.56. The maximum absolute atomic E-state index is 14.4. The zero-order chi connectivity index (χ0) is 17.0. The average Bonchev–Trinajstić information content (AvgIpc) is 2.54. The van der Waals surface area contributed by atoms with E-state index in [9.17, 15) is 9.18 Å². The van der Waals surface area contributed by atoms with Gasteiger partial charge in [-0.25, -0.2) is 4.39 Å². The summed E-state index contributed by atoms with van der Waals surface area (Å²) in [7, 11) is 1.61. The molecule has 0 aromatic heterocycles. The fraction of sp³-hybridized carbons (Fsp3) is 0.316. The number of rotatable bonds is 5. The van der Waals surface area contributed by atoms with Crippen LogP contribution in [-0.4, -0.2) is 36.1 Å². The molecule has 0 saturated heterocycles. The van der Waals surface area contributed by atoms with Crippen molar-refractivity contribution in [3.8, 4) is 11.1 Å². The van der Waals surface area contributed by atoms with E-state index in [0.717, 1.165) is 16.7 Å². The van der Waals surface area contributed by atoms with Gasteiger partial charge in [-0.3, -0.25) is 4.79 Å². The van der Waals surface area contributed by atoms with Crippen LogP contribution in [0, 0.1) is 19.7 Å². The molecule has 0 saturated carbocycles. The zero-order valence-corrected chi connectivity index (χ0v) is 13.8. The van der Waals surface area contributed by atoms with Crippen molar-refractivity contribution in [2.45, 2.75) is 20.3 Å². The van der Waals surface area contributed by atoms with Crippen molar-refractivity contribution in [2.75, 3.05) is 20.2 Å². The van der Waals surface area contributed by atoms with Gasteiger partial charge < -0.3 is 10.0 Å². The van der Waals surface area contributed by atoms with Gasteiger partial charge in [-0.15, -0.1) is 0 Å². The number of hydrogen-bond donors (Lipinski definition) is 1. The molecule has 2 rings (SSSR count). The molecule has 0 aliphatic rings. The number of carbonyl (C=O) groups is 1. The highest BCUT2D eigenvalue weighted by atomic mass is 19.1. The van der Waals surface area contributed by atoms with Crippen molar-refractivity contribution in [1.82, 2.24) is 4.90 Å². The average molecular weight is 315 g/mol. The molecule has 4 heteroatoms. The molecule has 1 amide bonds. The van der Waals surface area contributed by atoms with Crippen LogP contribution in [0.3, 0.4) is 0 Å². The third-order valence-electron chi connectivity index (χ3n) is 4.04. The second kappa shape index (κ2) is 7.38. The van der Waals surface area contributed by atoms with Gasteiger partial charge >= 0.3 is 0 Å². The second-order valence-electron chi connectivity index (χ2n) is 5.80. The lowest BCUT2D eigenvalue weighted by Crippen LogP contribution is -2.29. The number of amides is 1. The van der Waals surface area contributed by atoms with Crippen molar-refractivity contribution in [3.05, 3.63) is 58.9 Å². The summed E-state index contributed by atoms with van der Waals surface area (Å²) in [6.07, 6.45) is 0.477. The Balaban J connectivity index is 2.26. The lowest BCUT2D eigenvalue weighted by atomic mass is 9.99. The predicted molar refractivity (Wildman–Crippen MR) is 90.0 cm³/mol. The molecule has 0 aliphatic carbocycles. The van der Waals surface area contributed by atoms with Crippen LogP contribution in [0.15, 0.2) is 36.4 Å². The van der Waals surface area contributed by atoms with Crippen LogP contribution in [0.25, 0.3) is 11.1 Å². The van der Waals surface area contributed by atoms with E-state index >= 15 is 0 Å². The number of aliphatic hydroxyl groups is 1. The summed E-state index contributed by atoms with van der Waals surface area (Å²) in [5, 5.41) is 8.81. The molecule has 0 aliphatic heterocycles. The van der Waals surface area contributed by atoms with E-state index < -0.39 is 5.82 Å². The lowest BCUT2D eigenvalue weighted by molar-refractivity contribution is 0.0782. The molecule has 2 aromatic rings. The molecule has 0 heterocycles. The Hall–Kier alpha value is -2.20. The van der Waals surface area contributed by atoms with Crippen molar-refractivity contribution in [3.63, 3.8) is 0 Å². The maximum Gasteiger partial charge on any atom is 0.256 e. The molecule has 0 fully saturated rings. The van der Waals surface area contributed by atoms with E-state index in [1.165, 1.54) is 22.6 Å². The Kier molecular flexibility index (Phi) is 5.50. The monoisotopic (exact) mass is 315 g/mol. The summed E-state index contributed by atoms with van der Waals surface area (Å²) in [4.78, 5) is 13.6. The Morgan fingerprint density at radius 1 is 1.09 bits per heavy atom. The van der Waals surface area contributed by atoms with Crippen LogP contribution in [-0.2, 0) is 0 Å². The molecular formula is C19H22FNO2. The standard InChI is InChI=1S/C19H22FNO2/c1-13-5-6-15(11-14(13)2)16-7-8-17(18(20)12-16)19(23)21(3)9-4-10-22/h5-8,11-12,22H,4,9-10H2,1-3H3. The summed E-state index contributed by atoms with van der Waals surface area (Å²) in [6, 6.07) is 10.7. The number of aliphatic hydroxyl groups excluding tert-OH is 1. The molecule has 0 unspecified atom stereocenters. The molecule has 0 radical (unpaired) electrons. The fourth-order valence-electron chi connectivity index (χ4n) is 2.40. The topological polar surface area (TPSA) is 40.5 Å². The third kappa shape index (κ3) is 3.96. The van der Waals surface area contributed by atoms with Gasteiger partial charge in [-0.05, 0) is 54.7 Å². The van der Waals surface area contributed by atoms with Gasteiger partial charge in [0.25, 0.3) is 5.91 Å². The number of carbonyl (C=O) groups excluding carboxylic acids is 1. The lowest BCUT2D eigenvalue weighted by Gasteiger charge is -2.17. The highest BCUT2D eigenvalue weighted by Crippen LogP contribution is 2.24. The summed E-state index contributed by atoms with van der Waals surface area (Å²) in [6.45, 7) is 4.45. The number of benzene rings is 2. The summed E-state index contributed by atoms with van der Waals surface area (Å²) >= 11 is 0. The summed E-state index contributed by atoms with van der Waals surface area (Å²) in [5.74, 6) is -0.899. The van der Waals surface area contributed by atoms with Crippen molar-refractivity contribution in [2.24, 2.45) is 0 Å². The third-order valence-corrected chi connectivity index (χ3v) is 4.04. The normalized spacial score (nSPS) is 10.7. The van der Waals surface area contributed by atoms with Crippen molar-refractivity contribution < 1.29 is 14.3 Å². The summed E-state index contributed by atoms with van der Waals surface area (Å²) < 4.78 is 14.4. The molecule has 0 bridgehead atoms. The first-order valence-corrected chi connectivity index (χ1v) is 7.67. The molecule has 3 nitrogen and oxygen atoms in total. The molecule has 0 spiro atoms. The highest BCUT2D eigenvalue weighted by Gasteiger charge is 2.16. The molecule has 2 aromatic carbocycles. The Morgan fingerprint density at radius 3 is 2.35 bits per heavy atom. The minimum absolute atomic E-state index is 0.00577. The van der Waals surface area contributed by atoms with Crippen LogP contribution in [0.2, 0.25) is 0 Å². The second-order valence-corrected chi connectivity index (χ2v) is 5.80. The number of hydrogen-bond acceptors (Lipinski definition) is 2. The van der Waals surface area contributed by atoms with Crippen LogP contribution < -0.4 is 0 Å². The maximum atomic E-state index is 14.4. The SMILES string of the molecule is Cc1ccc(-c2ccc(C(=O)N(C)CCCO)c(F)c2)cc1C. The van der Waals surface area contributed by atoms with Gasteiger partial charge in [0, 0.05) is 20.2 Å². The van der Waals surface area contributed by atoms with E-state index in [1.54, 1.807) is 13.1 Å². The van der Waals surface area contributed by atoms with Crippen LogP contribution >= 0.6 is 0 Å². The molecule has 23 heavy (non-hydrogen) atoms. The van der Waals surface area contributed by atoms with E-state index in [-0.39, 0.29) is 18.1 Å². The fourth-order valence-corrected chi connectivity index (χ4v) is 2.40. The van der Waals surface area contributed by atoms with E-state index in [0.29, 0.717) is 13.0 Å². The number of halogens is 1.